The average Bonchev–Trinajstić information content (AvgIpc) is 3.19. The molecule has 32 heavy (non-hydrogen) atoms. The van der Waals surface area contributed by atoms with Crippen LogP contribution in [0.3, 0.4) is 0 Å². The number of benzene rings is 2. The lowest BCUT2D eigenvalue weighted by atomic mass is 10.1. The second-order valence-electron chi connectivity index (χ2n) is 7.14. The number of amides is 2. The highest BCUT2D eigenvalue weighted by Gasteiger charge is 2.31. The SMILES string of the molecule is COc1ccc(C=C2SC(N3CCN(C(=O)c4ccccc4[N+](=O)[O-])CC3)=NC2=O)cc1. The zero-order valence-corrected chi connectivity index (χ0v) is 18.1. The van der Waals surface area contributed by atoms with Crippen LogP contribution in [0.25, 0.3) is 6.08 Å². The zero-order valence-electron chi connectivity index (χ0n) is 17.3. The van der Waals surface area contributed by atoms with Crippen LogP contribution < -0.4 is 4.74 Å². The molecule has 2 aromatic carbocycles. The number of para-hydroxylation sites is 1. The van der Waals surface area contributed by atoms with Gasteiger partial charge in [0.15, 0.2) is 5.17 Å². The van der Waals surface area contributed by atoms with Crippen LogP contribution in [0.5, 0.6) is 5.75 Å². The predicted molar refractivity (Wildman–Crippen MR) is 122 cm³/mol. The summed E-state index contributed by atoms with van der Waals surface area (Å²) >= 11 is 1.31. The molecular formula is C22H20N4O5S. The van der Waals surface area contributed by atoms with E-state index in [1.807, 2.05) is 29.2 Å². The Morgan fingerprint density at radius 1 is 1.12 bits per heavy atom. The van der Waals surface area contributed by atoms with Crippen molar-refractivity contribution in [2.75, 3.05) is 33.3 Å². The molecular weight excluding hydrogens is 432 g/mol. The van der Waals surface area contributed by atoms with E-state index in [-0.39, 0.29) is 23.1 Å². The summed E-state index contributed by atoms with van der Waals surface area (Å²) < 4.78 is 5.15. The van der Waals surface area contributed by atoms with Crippen LogP contribution in [0.1, 0.15) is 15.9 Å². The van der Waals surface area contributed by atoms with Crippen molar-refractivity contribution in [3.63, 3.8) is 0 Å². The molecule has 2 aliphatic heterocycles. The molecule has 1 fully saturated rings. The van der Waals surface area contributed by atoms with E-state index in [1.165, 1.54) is 30.0 Å². The van der Waals surface area contributed by atoms with Gasteiger partial charge in [0, 0.05) is 32.2 Å². The molecule has 0 saturated carbocycles. The Labute approximate surface area is 188 Å². The smallest absolute Gasteiger partial charge is 0.286 e. The summed E-state index contributed by atoms with van der Waals surface area (Å²) in [5.41, 5.74) is 0.756. The van der Waals surface area contributed by atoms with E-state index in [9.17, 15) is 19.7 Å². The van der Waals surface area contributed by atoms with Crippen molar-refractivity contribution in [1.29, 1.82) is 0 Å². The van der Waals surface area contributed by atoms with E-state index >= 15 is 0 Å². The topological polar surface area (TPSA) is 105 Å². The van der Waals surface area contributed by atoms with E-state index in [0.29, 0.717) is 36.3 Å². The van der Waals surface area contributed by atoms with Gasteiger partial charge in [-0.25, -0.2) is 0 Å². The predicted octanol–water partition coefficient (Wildman–Crippen LogP) is 3.03. The van der Waals surface area contributed by atoms with Crippen molar-refractivity contribution in [2.45, 2.75) is 0 Å². The number of thioether (sulfide) groups is 1. The van der Waals surface area contributed by atoms with Crippen LogP contribution in [0.2, 0.25) is 0 Å². The first-order valence-electron chi connectivity index (χ1n) is 9.90. The van der Waals surface area contributed by atoms with Crippen molar-refractivity contribution in [3.8, 4) is 5.75 Å². The first-order valence-corrected chi connectivity index (χ1v) is 10.7. The third kappa shape index (κ3) is 4.50. The molecule has 0 spiro atoms. The molecule has 9 nitrogen and oxygen atoms in total. The molecule has 0 N–H and O–H groups in total. The molecule has 2 aromatic rings. The van der Waals surface area contributed by atoms with Crippen LogP contribution in [-0.2, 0) is 4.79 Å². The maximum Gasteiger partial charge on any atom is 0.286 e. The maximum atomic E-state index is 12.8. The highest BCUT2D eigenvalue weighted by Crippen LogP contribution is 2.31. The molecule has 164 valence electrons. The van der Waals surface area contributed by atoms with Crippen LogP contribution >= 0.6 is 11.8 Å². The highest BCUT2D eigenvalue weighted by atomic mass is 32.2. The summed E-state index contributed by atoms with van der Waals surface area (Å²) in [6.45, 7) is 1.75. The average molecular weight is 452 g/mol. The second kappa shape index (κ2) is 9.23. The summed E-state index contributed by atoms with van der Waals surface area (Å²) in [5, 5.41) is 11.8. The Kier molecular flexibility index (Phi) is 6.22. The quantitative estimate of drug-likeness (QED) is 0.399. The summed E-state index contributed by atoms with van der Waals surface area (Å²) in [6, 6.07) is 13.3. The number of rotatable bonds is 4. The molecule has 0 aliphatic carbocycles. The maximum absolute atomic E-state index is 12.8. The molecule has 2 aliphatic rings. The first kappa shape index (κ1) is 21.6. The molecule has 4 rings (SSSR count). The van der Waals surface area contributed by atoms with Gasteiger partial charge in [-0.3, -0.25) is 19.7 Å². The minimum Gasteiger partial charge on any atom is -0.497 e. The number of aliphatic imine (C=N–C) groups is 1. The fraction of sp³-hybridized carbons (Fsp3) is 0.227. The number of ether oxygens (including phenoxy) is 1. The number of hydrogen-bond acceptors (Lipinski definition) is 7. The lowest BCUT2D eigenvalue weighted by molar-refractivity contribution is -0.385. The summed E-state index contributed by atoms with van der Waals surface area (Å²) in [4.78, 5) is 44.1. The normalized spacial score (nSPS) is 17.5. The minimum absolute atomic E-state index is 0.0819. The number of nitro benzene ring substituents is 1. The van der Waals surface area contributed by atoms with E-state index in [4.69, 9.17) is 4.74 Å². The fourth-order valence-electron chi connectivity index (χ4n) is 3.47. The Morgan fingerprint density at radius 2 is 1.81 bits per heavy atom. The van der Waals surface area contributed by atoms with E-state index in [1.54, 1.807) is 24.2 Å². The number of nitrogens with zero attached hydrogens (tertiary/aromatic N) is 4. The molecule has 2 amide bonds. The molecule has 0 atom stereocenters. The van der Waals surface area contributed by atoms with Crippen molar-refractivity contribution >= 4 is 40.5 Å². The van der Waals surface area contributed by atoms with Gasteiger partial charge in [-0.2, -0.15) is 4.99 Å². The van der Waals surface area contributed by atoms with Gasteiger partial charge in [0.1, 0.15) is 11.3 Å². The number of amidine groups is 1. The molecule has 0 unspecified atom stereocenters. The standard InChI is InChI=1S/C22H20N4O5S/c1-31-16-8-6-15(7-9-16)14-19-20(27)23-22(32-19)25-12-10-24(11-13-25)21(28)17-4-2-3-5-18(17)26(29)30/h2-9,14H,10-13H2,1H3. The van der Waals surface area contributed by atoms with Gasteiger partial charge >= 0.3 is 0 Å². The summed E-state index contributed by atoms with van der Waals surface area (Å²) in [7, 11) is 1.60. The van der Waals surface area contributed by atoms with Gasteiger partial charge in [0.25, 0.3) is 17.5 Å². The number of carbonyl (C=O) groups is 2. The first-order chi connectivity index (χ1) is 15.5. The molecule has 10 heteroatoms. The number of hydrogen-bond donors (Lipinski definition) is 0. The van der Waals surface area contributed by atoms with Crippen LogP contribution in [-0.4, -0.2) is 65.0 Å². The second-order valence-corrected chi connectivity index (χ2v) is 8.15. The van der Waals surface area contributed by atoms with Crippen molar-refractivity contribution in [1.82, 2.24) is 9.80 Å². The van der Waals surface area contributed by atoms with Gasteiger partial charge in [0.2, 0.25) is 0 Å². The van der Waals surface area contributed by atoms with E-state index in [0.717, 1.165) is 11.3 Å². The van der Waals surface area contributed by atoms with Gasteiger partial charge < -0.3 is 14.5 Å². The number of piperazine rings is 1. The number of methoxy groups -OCH3 is 1. The third-order valence-corrected chi connectivity index (χ3v) is 6.24. The molecule has 0 aromatic heterocycles. The minimum atomic E-state index is -0.546. The Hall–Kier alpha value is -3.66. The monoisotopic (exact) mass is 452 g/mol. The lowest BCUT2D eigenvalue weighted by Gasteiger charge is -2.35. The van der Waals surface area contributed by atoms with Crippen LogP contribution in [0.4, 0.5) is 5.69 Å². The molecule has 0 bridgehead atoms. The zero-order chi connectivity index (χ0) is 22.7. The Bertz CT molecular complexity index is 1120. The molecule has 1 saturated heterocycles. The van der Waals surface area contributed by atoms with E-state index in [2.05, 4.69) is 4.99 Å². The summed E-state index contributed by atoms with van der Waals surface area (Å²) in [6.07, 6.45) is 1.79. The van der Waals surface area contributed by atoms with Crippen molar-refractivity contribution < 1.29 is 19.2 Å². The lowest BCUT2D eigenvalue weighted by Crippen LogP contribution is -2.49. The van der Waals surface area contributed by atoms with E-state index < -0.39 is 4.92 Å². The van der Waals surface area contributed by atoms with Gasteiger partial charge in [-0.05, 0) is 41.6 Å². The third-order valence-electron chi connectivity index (χ3n) is 5.19. The van der Waals surface area contributed by atoms with Gasteiger partial charge in [0.05, 0.1) is 16.9 Å². The fourth-order valence-corrected chi connectivity index (χ4v) is 4.43. The number of nitro groups is 1. The Morgan fingerprint density at radius 3 is 2.47 bits per heavy atom. The van der Waals surface area contributed by atoms with Gasteiger partial charge in [-0.1, -0.05) is 24.3 Å². The van der Waals surface area contributed by atoms with Crippen LogP contribution in [0, 0.1) is 10.1 Å². The molecule has 0 radical (unpaired) electrons. The highest BCUT2D eigenvalue weighted by molar-refractivity contribution is 8.18. The number of carbonyl (C=O) groups excluding carboxylic acids is 2. The van der Waals surface area contributed by atoms with Crippen molar-refractivity contribution in [3.05, 3.63) is 74.7 Å². The van der Waals surface area contributed by atoms with Gasteiger partial charge in [-0.15, -0.1) is 0 Å². The molecule has 2 heterocycles. The van der Waals surface area contributed by atoms with Crippen molar-refractivity contribution in [2.24, 2.45) is 4.99 Å². The van der Waals surface area contributed by atoms with Crippen LogP contribution in [0.15, 0.2) is 58.4 Å². The largest absolute Gasteiger partial charge is 0.497 e. The summed E-state index contributed by atoms with van der Waals surface area (Å²) in [5.74, 6) is 0.0797. The Balaban J connectivity index is 1.39.